The number of aromatic amines is 1. The molecular formula is C13H12BrNO2. The van der Waals surface area contributed by atoms with E-state index in [1.165, 1.54) is 0 Å². The van der Waals surface area contributed by atoms with Crippen molar-refractivity contribution in [1.82, 2.24) is 4.98 Å². The van der Waals surface area contributed by atoms with Gasteiger partial charge in [0.25, 0.3) is 0 Å². The predicted octanol–water partition coefficient (Wildman–Crippen LogP) is 2.79. The molecule has 1 aliphatic carbocycles. The van der Waals surface area contributed by atoms with Crippen LogP contribution in [0.25, 0.3) is 10.9 Å². The summed E-state index contributed by atoms with van der Waals surface area (Å²) in [5, 5.41) is 0.655. The van der Waals surface area contributed by atoms with Gasteiger partial charge in [0.1, 0.15) is 5.75 Å². The molecule has 0 saturated carbocycles. The van der Waals surface area contributed by atoms with Crippen LogP contribution in [0.1, 0.15) is 17.7 Å². The van der Waals surface area contributed by atoms with Gasteiger partial charge in [-0.1, -0.05) is 0 Å². The molecule has 17 heavy (non-hydrogen) atoms. The van der Waals surface area contributed by atoms with Crippen LogP contribution in [0.4, 0.5) is 0 Å². The Morgan fingerprint density at radius 1 is 1.35 bits per heavy atom. The Bertz CT molecular complexity index is 660. The number of H-pyrrole nitrogens is 1. The van der Waals surface area contributed by atoms with E-state index in [0.29, 0.717) is 11.1 Å². The molecule has 0 aliphatic heterocycles. The van der Waals surface area contributed by atoms with E-state index in [-0.39, 0.29) is 5.43 Å². The molecule has 0 atom stereocenters. The molecule has 1 aliphatic rings. The Morgan fingerprint density at radius 2 is 2.18 bits per heavy atom. The molecule has 3 rings (SSSR count). The van der Waals surface area contributed by atoms with Crippen molar-refractivity contribution in [2.75, 3.05) is 7.11 Å². The maximum Gasteiger partial charge on any atom is 0.196 e. The molecular weight excluding hydrogens is 282 g/mol. The number of nitrogens with one attached hydrogen (secondary N) is 1. The zero-order valence-corrected chi connectivity index (χ0v) is 11.1. The van der Waals surface area contributed by atoms with Crippen LogP contribution in [0.3, 0.4) is 0 Å². The Hall–Kier alpha value is -1.29. The molecule has 1 aromatic heterocycles. The lowest BCUT2D eigenvalue weighted by Crippen LogP contribution is -2.11. The topological polar surface area (TPSA) is 42.1 Å². The minimum atomic E-state index is 0.115. The van der Waals surface area contributed by atoms with E-state index in [2.05, 4.69) is 20.9 Å². The average Bonchev–Trinajstić information content (AvgIpc) is 2.79. The summed E-state index contributed by atoms with van der Waals surface area (Å²) >= 11 is 3.48. The largest absolute Gasteiger partial charge is 0.496 e. The second kappa shape index (κ2) is 3.88. The number of pyridine rings is 1. The van der Waals surface area contributed by atoms with Crippen LogP contribution in [0.15, 0.2) is 21.4 Å². The van der Waals surface area contributed by atoms with E-state index in [1.54, 1.807) is 7.11 Å². The highest BCUT2D eigenvalue weighted by molar-refractivity contribution is 9.10. The number of benzene rings is 1. The predicted molar refractivity (Wildman–Crippen MR) is 70.8 cm³/mol. The molecule has 0 spiro atoms. The first kappa shape index (κ1) is 10.8. The molecule has 2 aromatic rings. The Balaban J connectivity index is 2.51. The first-order valence-electron chi connectivity index (χ1n) is 5.62. The normalized spacial score (nSPS) is 14.0. The first-order valence-corrected chi connectivity index (χ1v) is 6.42. The number of methoxy groups -OCH3 is 1. The van der Waals surface area contributed by atoms with Crippen molar-refractivity contribution in [3.05, 3.63) is 38.1 Å². The van der Waals surface area contributed by atoms with Gasteiger partial charge in [-0.15, -0.1) is 0 Å². The van der Waals surface area contributed by atoms with Gasteiger partial charge in [0.05, 0.1) is 18.0 Å². The van der Waals surface area contributed by atoms with Gasteiger partial charge >= 0.3 is 0 Å². The van der Waals surface area contributed by atoms with Crippen LogP contribution in [-0.4, -0.2) is 12.1 Å². The van der Waals surface area contributed by atoms with Gasteiger partial charge in [-0.3, -0.25) is 4.79 Å². The second-order valence-corrected chi connectivity index (χ2v) is 5.12. The van der Waals surface area contributed by atoms with E-state index in [1.807, 2.05) is 12.1 Å². The minimum absolute atomic E-state index is 0.115. The molecule has 0 saturated heterocycles. The molecule has 0 fully saturated rings. The number of hydrogen-bond donors (Lipinski definition) is 1. The molecule has 4 heteroatoms. The summed E-state index contributed by atoms with van der Waals surface area (Å²) in [6.07, 6.45) is 2.89. The van der Waals surface area contributed by atoms with Crippen LogP contribution in [0.2, 0.25) is 0 Å². The SMILES string of the molecule is COc1ccc(Br)c2[nH]c3c(c(=O)c12)CCC3. The maximum atomic E-state index is 12.4. The highest BCUT2D eigenvalue weighted by Gasteiger charge is 2.20. The molecule has 1 heterocycles. The van der Waals surface area contributed by atoms with Crippen LogP contribution in [-0.2, 0) is 12.8 Å². The second-order valence-electron chi connectivity index (χ2n) is 4.26. The van der Waals surface area contributed by atoms with E-state index in [0.717, 1.165) is 40.5 Å². The zero-order valence-electron chi connectivity index (χ0n) is 9.47. The van der Waals surface area contributed by atoms with E-state index in [9.17, 15) is 4.79 Å². The standard InChI is InChI=1S/C13H12BrNO2/c1-17-10-6-5-8(14)12-11(10)13(16)7-3-2-4-9(7)15-12/h5-6H,2-4H2,1H3,(H,15,16). The van der Waals surface area contributed by atoms with Crippen molar-refractivity contribution in [2.24, 2.45) is 0 Å². The highest BCUT2D eigenvalue weighted by Crippen LogP contribution is 2.30. The summed E-state index contributed by atoms with van der Waals surface area (Å²) in [5.41, 5.74) is 2.96. The fourth-order valence-corrected chi connectivity index (χ4v) is 2.94. The number of aryl methyl sites for hydroxylation is 1. The Labute approximate surface area is 107 Å². The van der Waals surface area contributed by atoms with Gasteiger partial charge in [-0.25, -0.2) is 0 Å². The molecule has 0 radical (unpaired) electrons. The lowest BCUT2D eigenvalue weighted by atomic mass is 10.1. The zero-order chi connectivity index (χ0) is 12.0. The van der Waals surface area contributed by atoms with Crippen LogP contribution in [0, 0.1) is 0 Å². The van der Waals surface area contributed by atoms with Gasteiger partial charge in [0, 0.05) is 15.7 Å². The summed E-state index contributed by atoms with van der Waals surface area (Å²) < 4.78 is 6.19. The lowest BCUT2D eigenvalue weighted by Gasteiger charge is -2.09. The van der Waals surface area contributed by atoms with Crippen molar-refractivity contribution in [1.29, 1.82) is 0 Å². The minimum Gasteiger partial charge on any atom is -0.496 e. The number of halogens is 1. The van der Waals surface area contributed by atoms with Gasteiger partial charge < -0.3 is 9.72 Å². The summed E-state index contributed by atoms with van der Waals surface area (Å²) in [4.78, 5) is 15.8. The third-order valence-corrected chi connectivity index (χ3v) is 3.99. The summed E-state index contributed by atoms with van der Waals surface area (Å²) in [6.45, 7) is 0. The number of ether oxygens (including phenoxy) is 1. The molecule has 0 bridgehead atoms. The van der Waals surface area contributed by atoms with Gasteiger partial charge in [0.2, 0.25) is 0 Å². The monoisotopic (exact) mass is 293 g/mol. The van der Waals surface area contributed by atoms with Gasteiger partial charge in [-0.05, 0) is 47.3 Å². The lowest BCUT2D eigenvalue weighted by molar-refractivity contribution is 0.419. The smallest absolute Gasteiger partial charge is 0.196 e. The molecule has 1 aromatic carbocycles. The van der Waals surface area contributed by atoms with Crippen molar-refractivity contribution in [2.45, 2.75) is 19.3 Å². The number of fused-ring (bicyclic) bond motifs is 2. The summed E-state index contributed by atoms with van der Waals surface area (Å²) in [5.74, 6) is 0.638. The third-order valence-electron chi connectivity index (χ3n) is 3.33. The van der Waals surface area contributed by atoms with E-state index >= 15 is 0 Å². The molecule has 0 amide bonds. The Morgan fingerprint density at radius 3 is 2.94 bits per heavy atom. The highest BCUT2D eigenvalue weighted by atomic mass is 79.9. The fraction of sp³-hybridized carbons (Fsp3) is 0.308. The van der Waals surface area contributed by atoms with Gasteiger partial charge in [0.15, 0.2) is 5.43 Å². The number of rotatable bonds is 1. The van der Waals surface area contributed by atoms with Crippen molar-refractivity contribution >= 4 is 26.8 Å². The fourth-order valence-electron chi connectivity index (χ4n) is 2.51. The number of aromatic nitrogens is 1. The van der Waals surface area contributed by atoms with Crippen molar-refractivity contribution in [3.8, 4) is 5.75 Å². The average molecular weight is 294 g/mol. The summed E-state index contributed by atoms with van der Waals surface area (Å²) in [6, 6.07) is 3.72. The van der Waals surface area contributed by atoms with E-state index in [4.69, 9.17) is 4.74 Å². The van der Waals surface area contributed by atoms with Crippen molar-refractivity contribution < 1.29 is 4.74 Å². The number of hydrogen-bond acceptors (Lipinski definition) is 2. The Kier molecular flexibility index (Phi) is 2.47. The van der Waals surface area contributed by atoms with Crippen LogP contribution >= 0.6 is 15.9 Å². The first-order chi connectivity index (χ1) is 8.22. The molecule has 3 nitrogen and oxygen atoms in total. The quantitative estimate of drug-likeness (QED) is 0.878. The van der Waals surface area contributed by atoms with Gasteiger partial charge in [-0.2, -0.15) is 0 Å². The van der Waals surface area contributed by atoms with Crippen LogP contribution < -0.4 is 10.2 Å². The van der Waals surface area contributed by atoms with Crippen LogP contribution in [0.5, 0.6) is 5.75 Å². The summed E-state index contributed by atoms with van der Waals surface area (Å²) in [7, 11) is 1.59. The third kappa shape index (κ3) is 1.51. The molecule has 88 valence electrons. The maximum absolute atomic E-state index is 12.4. The molecule has 0 unspecified atom stereocenters. The van der Waals surface area contributed by atoms with E-state index < -0.39 is 0 Å². The van der Waals surface area contributed by atoms with Crippen molar-refractivity contribution in [3.63, 3.8) is 0 Å². The molecule has 1 N–H and O–H groups in total.